The molecule has 0 spiro atoms. The highest BCUT2D eigenvalue weighted by Gasteiger charge is 2.22. The minimum absolute atomic E-state index is 0.148. The largest absolute Gasteiger partial charge is 0.351 e. The number of benzene rings is 3. The van der Waals surface area contributed by atoms with Gasteiger partial charge in [-0.15, -0.1) is 0 Å². The Kier molecular flexibility index (Phi) is 7.86. The van der Waals surface area contributed by atoms with Crippen LogP contribution in [-0.4, -0.2) is 25.9 Å². The number of aromatic nitrogens is 1. The first-order chi connectivity index (χ1) is 17.2. The van der Waals surface area contributed by atoms with E-state index in [9.17, 15) is 13.2 Å². The van der Waals surface area contributed by atoms with Gasteiger partial charge in [-0.3, -0.25) is 9.52 Å². The second-order valence-electron chi connectivity index (χ2n) is 8.73. The van der Waals surface area contributed by atoms with Crippen LogP contribution in [0.25, 0.3) is 0 Å². The Labute approximate surface area is 216 Å². The molecule has 0 atom stereocenters. The molecule has 0 aliphatic rings. The summed E-state index contributed by atoms with van der Waals surface area (Å²) in [6.45, 7) is 5.84. The van der Waals surface area contributed by atoms with Crippen LogP contribution in [-0.2, 0) is 10.0 Å². The van der Waals surface area contributed by atoms with E-state index in [2.05, 4.69) is 39.3 Å². The van der Waals surface area contributed by atoms with Crippen LogP contribution < -0.4 is 10.0 Å². The van der Waals surface area contributed by atoms with Crippen molar-refractivity contribution in [1.82, 2.24) is 10.3 Å². The van der Waals surface area contributed by atoms with Gasteiger partial charge in [-0.05, 0) is 49.9 Å². The normalized spacial score (nSPS) is 11.4. The molecule has 2 N–H and O–H groups in total. The van der Waals surface area contributed by atoms with E-state index in [1.54, 1.807) is 26.0 Å². The Morgan fingerprint density at radius 3 is 2.11 bits per heavy atom. The smallest absolute Gasteiger partial charge is 0.263 e. The van der Waals surface area contributed by atoms with Gasteiger partial charge >= 0.3 is 0 Å². The predicted octanol–water partition coefficient (Wildman–Crippen LogP) is 5.82. The molecule has 186 valence electrons. The summed E-state index contributed by atoms with van der Waals surface area (Å²) in [5.41, 5.74) is 4.50. The second-order valence-corrected chi connectivity index (χ2v) is 11.4. The van der Waals surface area contributed by atoms with Gasteiger partial charge in [0.15, 0.2) is 5.13 Å². The molecule has 0 aliphatic heterocycles. The number of carbonyl (C=O) groups excluding carboxylic acids is 1. The van der Waals surface area contributed by atoms with Crippen LogP contribution in [0.4, 0.5) is 5.13 Å². The third kappa shape index (κ3) is 6.01. The molecule has 0 saturated carbocycles. The first-order valence-corrected chi connectivity index (χ1v) is 14.0. The van der Waals surface area contributed by atoms with Gasteiger partial charge in [-0.1, -0.05) is 89.7 Å². The predicted molar refractivity (Wildman–Crippen MR) is 145 cm³/mol. The number of anilines is 1. The molecule has 1 amide bonds. The first kappa shape index (κ1) is 25.6. The molecule has 0 saturated heterocycles. The van der Waals surface area contributed by atoms with Crippen molar-refractivity contribution in [1.29, 1.82) is 0 Å². The number of amides is 1. The number of nitrogens with zero attached hydrogens (tertiary/aromatic N) is 1. The fraction of sp³-hybridized carbons (Fsp3) is 0.214. The lowest BCUT2D eigenvalue weighted by Crippen LogP contribution is -2.25. The summed E-state index contributed by atoms with van der Waals surface area (Å²) in [6, 6.07) is 25.6. The lowest BCUT2D eigenvalue weighted by atomic mass is 9.88. The summed E-state index contributed by atoms with van der Waals surface area (Å²) in [5, 5.41) is 3.16. The number of hydrogen-bond donors (Lipinski definition) is 2. The van der Waals surface area contributed by atoms with E-state index < -0.39 is 10.0 Å². The number of nitrogens with one attached hydrogen (secondary N) is 2. The van der Waals surface area contributed by atoms with E-state index in [1.165, 1.54) is 11.1 Å². The molecule has 4 aromatic rings. The van der Waals surface area contributed by atoms with Crippen molar-refractivity contribution in [2.75, 3.05) is 11.3 Å². The number of aryl methyl sites for hydroxylation is 3. The zero-order valence-electron chi connectivity index (χ0n) is 20.5. The quantitative estimate of drug-likeness (QED) is 0.292. The molecule has 36 heavy (non-hydrogen) atoms. The standard InChI is InChI=1S/C28H29N3O3S2/c1-19-14-15-25(20(2)18-19)36(33,34)31-28-30-21(3)26(35-28)27(32)29-17-16-24(22-10-6-4-7-11-22)23-12-8-5-9-13-23/h4-15,18,24H,16-17H2,1-3H3,(H,29,32)(H,30,31). The lowest BCUT2D eigenvalue weighted by molar-refractivity contribution is 0.0956. The fourth-order valence-corrected chi connectivity index (χ4v) is 6.57. The van der Waals surface area contributed by atoms with Crippen molar-refractivity contribution in [2.24, 2.45) is 0 Å². The highest BCUT2D eigenvalue weighted by atomic mass is 32.2. The molecule has 1 aromatic heterocycles. The van der Waals surface area contributed by atoms with Gasteiger partial charge in [0.1, 0.15) is 4.88 Å². The summed E-state index contributed by atoms with van der Waals surface area (Å²) in [4.78, 5) is 17.8. The van der Waals surface area contributed by atoms with Crippen LogP contribution in [0.3, 0.4) is 0 Å². The molecule has 0 bridgehead atoms. The number of rotatable bonds is 9. The van der Waals surface area contributed by atoms with Crippen LogP contribution in [0.5, 0.6) is 0 Å². The zero-order valence-corrected chi connectivity index (χ0v) is 22.1. The number of hydrogen-bond acceptors (Lipinski definition) is 5. The van der Waals surface area contributed by atoms with Crippen molar-refractivity contribution in [3.8, 4) is 0 Å². The van der Waals surface area contributed by atoms with E-state index in [1.807, 2.05) is 49.4 Å². The van der Waals surface area contributed by atoms with Crippen molar-refractivity contribution in [3.63, 3.8) is 0 Å². The van der Waals surface area contributed by atoms with Crippen LogP contribution in [0.1, 0.15) is 50.0 Å². The van der Waals surface area contributed by atoms with Crippen molar-refractivity contribution >= 4 is 32.4 Å². The summed E-state index contributed by atoms with van der Waals surface area (Å²) in [5.74, 6) is -0.114. The summed E-state index contributed by atoms with van der Waals surface area (Å²) in [7, 11) is -3.81. The van der Waals surface area contributed by atoms with Crippen LogP contribution in [0, 0.1) is 20.8 Å². The van der Waals surface area contributed by atoms with E-state index in [4.69, 9.17) is 0 Å². The number of thiazole rings is 1. The van der Waals surface area contributed by atoms with Crippen molar-refractivity contribution < 1.29 is 13.2 Å². The Morgan fingerprint density at radius 2 is 1.53 bits per heavy atom. The molecule has 0 unspecified atom stereocenters. The van der Waals surface area contributed by atoms with Gasteiger partial charge < -0.3 is 5.32 Å². The van der Waals surface area contributed by atoms with Crippen LogP contribution >= 0.6 is 11.3 Å². The van der Waals surface area contributed by atoms with Gasteiger partial charge in [-0.2, -0.15) is 0 Å². The van der Waals surface area contributed by atoms with E-state index in [0.29, 0.717) is 22.7 Å². The Morgan fingerprint density at radius 1 is 0.917 bits per heavy atom. The maximum absolute atomic E-state index is 12.9. The van der Waals surface area contributed by atoms with Gasteiger partial charge in [0.05, 0.1) is 10.6 Å². The molecule has 3 aromatic carbocycles. The average Bonchev–Trinajstić information content (AvgIpc) is 3.21. The Balaban J connectivity index is 1.44. The molecule has 1 heterocycles. The zero-order chi connectivity index (χ0) is 25.7. The third-order valence-electron chi connectivity index (χ3n) is 5.97. The molecule has 0 radical (unpaired) electrons. The second kappa shape index (κ2) is 11.1. The minimum atomic E-state index is -3.81. The molecule has 0 fully saturated rings. The van der Waals surface area contributed by atoms with Gasteiger partial charge in [0.2, 0.25) is 0 Å². The maximum Gasteiger partial charge on any atom is 0.263 e. The molecule has 0 aliphatic carbocycles. The third-order valence-corrected chi connectivity index (χ3v) is 8.67. The topological polar surface area (TPSA) is 88.2 Å². The highest BCUT2D eigenvalue weighted by molar-refractivity contribution is 7.93. The summed E-state index contributed by atoms with van der Waals surface area (Å²) < 4.78 is 28.3. The molecule has 4 rings (SSSR count). The fourth-order valence-electron chi connectivity index (χ4n) is 4.23. The van der Waals surface area contributed by atoms with Crippen molar-refractivity contribution in [3.05, 3.63) is 112 Å². The molecule has 6 nitrogen and oxygen atoms in total. The number of carbonyl (C=O) groups is 1. The maximum atomic E-state index is 12.9. The van der Waals surface area contributed by atoms with E-state index in [0.717, 1.165) is 23.3 Å². The summed E-state index contributed by atoms with van der Waals surface area (Å²) in [6.07, 6.45) is 0.726. The number of sulfonamides is 1. The molecular formula is C28H29N3O3S2. The highest BCUT2D eigenvalue weighted by Crippen LogP contribution is 2.29. The SMILES string of the molecule is Cc1ccc(S(=O)(=O)Nc2nc(C)c(C(=O)NCCC(c3ccccc3)c3ccccc3)s2)c(C)c1. The Hall–Kier alpha value is -3.49. The Bertz CT molecular complexity index is 1410. The minimum Gasteiger partial charge on any atom is -0.351 e. The van der Waals surface area contributed by atoms with Gasteiger partial charge in [0, 0.05) is 12.5 Å². The van der Waals surface area contributed by atoms with Gasteiger partial charge in [-0.25, -0.2) is 13.4 Å². The summed E-state index contributed by atoms with van der Waals surface area (Å²) >= 11 is 1.04. The van der Waals surface area contributed by atoms with Crippen molar-refractivity contribution in [2.45, 2.75) is 38.0 Å². The van der Waals surface area contributed by atoms with Crippen LogP contribution in [0.15, 0.2) is 83.8 Å². The average molecular weight is 520 g/mol. The van der Waals surface area contributed by atoms with Crippen LogP contribution in [0.2, 0.25) is 0 Å². The van der Waals surface area contributed by atoms with Gasteiger partial charge in [0.25, 0.3) is 15.9 Å². The molecule has 8 heteroatoms. The first-order valence-electron chi connectivity index (χ1n) is 11.7. The van der Waals surface area contributed by atoms with E-state index in [-0.39, 0.29) is 21.9 Å². The van der Waals surface area contributed by atoms with E-state index >= 15 is 0 Å². The lowest BCUT2D eigenvalue weighted by Gasteiger charge is -2.18. The molecular weight excluding hydrogens is 490 g/mol. The monoisotopic (exact) mass is 519 g/mol.